The molecule has 0 amide bonds. The fourth-order valence-electron chi connectivity index (χ4n) is 3.04. The van der Waals surface area contributed by atoms with Gasteiger partial charge in [-0.2, -0.15) is 5.26 Å². The molecular formula is C17H13F2N. The third kappa shape index (κ3) is 2.30. The first-order valence-electron chi connectivity index (χ1n) is 6.53. The van der Waals surface area contributed by atoms with Crippen LogP contribution in [-0.4, -0.2) is 0 Å². The molecule has 1 aliphatic rings. The van der Waals surface area contributed by atoms with Gasteiger partial charge in [0.05, 0.1) is 11.5 Å². The molecule has 0 atom stereocenters. The first-order valence-corrected chi connectivity index (χ1v) is 6.53. The maximum Gasteiger partial charge on any atom is 0.126 e. The molecule has 3 heteroatoms. The molecular weight excluding hydrogens is 256 g/mol. The second-order valence-electron chi connectivity index (χ2n) is 5.47. The van der Waals surface area contributed by atoms with Crippen molar-refractivity contribution in [3.05, 3.63) is 70.8 Å². The van der Waals surface area contributed by atoms with Crippen molar-refractivity contribution >= 4 is 0 Å². The van der Waals surface area contributed by atoms with E-state index in [-0.39, 0.29) is 0 Å². The molecule has 0 N–H and O–H groups in total. The van der Waals surface area contributed by atoms with Gasteiger partial charge in [0.15, 0.2) is 0 Å². The average molecular weight is 269 g/mol. The Labute approximate surface area is 116 Å². The minimum absolute atomic E-state index is 0.368. The Hall–Kier alpha value is -2.21. The summed E-state index contributed by atoms with van der Waals surface area (Å²) in [5.74, 6) is -1.19. The highest BCUT2D eigenvalue weighted by atomic mass is 19.1. The second-order valence-corrected chi connectivity index (χ2v) is 5.47. The van der Waals surface area contributed by atoms with E-state index >= 15 is 0 Å². The van der Waals surface area contributed by atoms with Crippen LogP contribution in [0.1, 0.15) is 16.7 Å². The highest BCUT2D eigenvalue weighted by Crippen LogP contribution is 2.39. The van der Waals surface area contributed by atoms with Crippen molar-refractivity contribution in [2.75, 3.05) is 0 Å². The summed E-state index contributed by atoms with van der Waals surface area (Å²) in [6, 6.07) is 13.8. The van der Waals surface area contributed by atoms with E-state index in [4.69, 9.17) is 0 Å². The average Bonchev–Trinajstić information content (AvgIpc) is 2.76. The van der Waals surface area contributed by atoms with Crippen molar-refractivity contribution in [1.82, 2.24) is 0 Å². The molecule has 100 valence electrons. The number of hydrogen-bond donors (Lipinski definition) is 0. The zero-order valence-electron chi connectivity index (χ0n) is 10.9. The number of nitrogens with zero attached hydrogens (tertiary/aromatic N) is 1. The van der Waals surface area contributed by atoms with Crippen LogP contribution in [0.25, 0.3) is 0 Å². The maximum absolute atomic E-state index is 13.3. The largest absolute Gasteiger partial charge is 0.207 e. The van der Waals surface area contributed by atoms with Crippen LogP contribution in [0.3, 0.4) is 0 Å². The molecule has 0 saturated heterocycles. The number of fused-ring (bicyclic) bond motifs is 1. The van der Waals surface area contributed by atoms with Gasteiger partial charge >= 0.3 is 0 Å². The highest BCUT2D eigenvalue weighted by Gasteiger charge is 2.37. The Morgan fingerprint density at radius 2 is 1.55 bits per heavy atom. The molecule has 0 radical (unpaired) electrons. The number of benzene rings is 2. The van der Waals surface area contributed by atoms with Gasteiger partial charge in [-0.15, -0.1) is 0 Å². The van der Waals surface area contributed by atoms with E-state index in [0.29, 0.717) is 24.8 Å². The lowest BCUT2D eigenvalue weighted by atomic mass is 9.80. The van der Waals surface area contributed by atoms with Crippen LogP contribution >= 0.6 is 0 Å². The van der Waals surface area contributed by atoms with Crippen LogP contribution in [0.15, 0.2) is 42.5 Å². The number of halogens is 2. The van der Waals surface area contributed by atoms with E-state index in [1.165, 1.54) is 12.1 Å². The molecule has 0 aliphatic heterocycles. The Morgan fingerprint density at radius 3 is 2.05 bits per heavy atom. The van der Waals surface area contributed by atoms with Crippen LogP contribution in [-0.2, 0) is 19.3 Å². The predicted molar refractivity (Wildman–Crippen MR) is 72.0 cm³/mol. The van der Waals surface area contributed by atoms with E-state index in [1.807, 2.05) is 24.3 Å². The second kappa shape index (κ2) is 4.72. The molecule has 1 aliphatic carbocycles. The minimum Gasteiger partial charge on any atom is -0.207 e. The summed E-state index contributed by atoms with van der Waals surface area (Å²) in [4.78, 5) is 0. The van der Waals surface area contributed by atoms with Crippen molar-refractivity contribution in [2.45, 2.75) is 19.3 Å². The normalized spacial score (nSPS) is 15.7. The third-order valence-electron chi connectivity index (χ3n) is 3.88. The Morgan fingerprint density at radius 1 is 1.00 bits per heavy atom. The van der Waals surface area contributed by atoms with E-state index in [1.54, 1.807) is 0 Å². The monoisotopic (exact) mass is 269 g/mol. The summed E-state index contributed by atoms with van der Waals surface area (Å²) in [5.41, 5.74) is 2.26. The fraction of sp³-hybridized carbons (Fsp3) is 0.235. The van der Waals surface area contributed by atoms with Crippen LogP contribution in [0.2, 0.25) is 0 Å². The van der Waals surface area contributed by atoms with Crippen molar-refractivity contribution in [3.8, 4) is 6.07 Å². The van der Waals surface area contributed by atoms with Crippen molar-refractivity contribution in [3.63, 3.8) is 0 Å². The van der Waals surface area contributed by atoms with E-state index in [2.05, 4.69) is 6.07 Å². The summed E-state index contributed by atoms with van der Waals surface area (Å²) < 4.78 is 26.5. The summed E-state index contributed by atoms with van der Waals surface area (Å²) in [6.45, 7) is 0. The molecule has 0 saturated carbocycles. The fourth-order valence-corrected chi connectivity index (χ4v) is 3.04. The number of nitriles is 1. The number of rotatable bonds is 2. The van der Waals surface area contributed by atoms with Gasteiger partial charge in [-0.25, -0.2) is 8.78 Å². The molecule has 0 unspecified atom stereocenters. The lowest BCUT2D eigenvalue weighted by molar-refractivity contribution is 0.416. The lowest BCUT2D eigenvalue weighted by Crippen LogP contribution is -2.22. The van der Waals surface area contributed by atoms with Crippen LogP contribution < -0.4 is 0 Å². The Kier molecular flexibility index (Phi) is 3.02. The van der Waals surface area contributed by atoms with Crippen LogP contribution in [0.4, 0.5) is 8.78 Å². The lowest BCUT2D eigenvalue weighted by Gasteiger charge is -2.20. The third-order valence-corrected chi connectivity index (χ3v) is 3.88. The molecule has 0 aromatic heterocycles. The van der Waals surface area contributed by atoms with E-state index in [0.717, 1.165) is 17.2 Å². The molecule has 0 bridgehead atoms. The minimum atomic E-state index is -0.594. The summed E-state index contributed by atoms with van der Waals surface area (Å²) >= 11 is 0. The molecule has 20 heavy (non-hydrogen) atoms. The van der Waals surface area contributed by atoms with E-state index in [9.17, 15) is 14.0 Å². The van der Waals surface area contributed by atoms with Gasteiger partial charge in [-0.05, 0) is 48.1 Å². The van der Waals surface area contributed by atoms with E-state index < -0.39 is 17.0 Å². The van der Waals surface area contributed by atoms with Gasteiger partial charge in [-0.1, -0.05) is 24.3 Å². The molecule has 0 spiro atoms. The van der Waals surface area contributed by atoms with Gasteiger partial charge in [0.25, 0.3) is 0 Å². The van der Waals surface area contributed by atoms with Crippen LogP contribution in [0, 0.1) is 28.4 Å². The molecule has 0 heterocycles. The smallest absolute Gasteiger partial charge is 0.126 e. The zero-order chi connectivity index (χ0) is 14.2. The first-order chi connectivity index (χ1) is 9.60. The van der Waals surface area contributed by atoms with Crippen molar-refractivity contribution in [2.24, 2.45) is 5.41 Å². The molecule has 0 fully saturated rings. The zero-order valence-corrected chi connectivity index (χ0v) is 10.9. The molecule has 1 nitrogen and oxygen atoms in total. The predicted octanol–water partition coefficient (Wildman–Crippen LogP) is 3.82. The molecule has 2 aromatic rings. The standard InChI is InChI=1S/C17H13F2N/c18-15-5-12(6-16(19)7-15)8-17(11-20)9-13-3-1-2-4-14(13)10-17/h1-7H,8-10H2. The van der Waals surface area contributed by atoms with Crippen molar-refractivity contribution in [1.29, 1.82) is 5.26 Å². The van der Waals surface area contributed by atoms with Gasteiger partial charge in [0.2, 0.25) is 0 Å². The molecule has 3 rings (SSSR count). The van der Waals surface area contributed by atoms with Gasteiger partial charge < -0.3 is 0 Å². The SMILES string of the molecule is N#CC1(Cc2cc(F)cc(F)c2)Cc2ccccc2C1. The summed E-state index contributed by atoms with van der Waals surface area (Å²) in [6.07, 6.45) is 1.64. The van der Waals surface area contributed by atoms with Gasteiger partial charge in [-0.3, -0.25) is 0 Å². The van der Waals surface area contributed by atoms with Crippen molar-refractivity contribution < 1.29 is 8.78 Å². The summed E-state index contributed by atoms with van der Waals surface area (Å²) in [7, 11) is 0. The van der Waals surface area contributed by atoms with Gasteiger partial charge in [0, 0.05) is 6.07 Å². The highest BCUT2D eigenvalue weighted by molar-refractivity contribution is 5.38. The van der Waals surface area contributed by atoms with Crippen LogP contribution in [0.5, 0.6) is 0 Å². The number of hydrogen-bond acceptors (Lipinski definition) is 1. The summed E-state index contributed by atoms with van der Waals surface area (Å²) in [5, 5.41) is 9.55. The maximum atomic E-state index is 13.3. The Bertz CT molecular complexity index is 655. The Balaban J connectivity index is 1.91. The topological polar surface area (TPSA) is 23.8 Å². The quantitative estimate of drug-likeness (QED) is 0.813. The van der Waals surface area contributed by atoms with Gasteiger partial charge in [0.1, 0.15) is 11.6 Å². The molecule has 2 aromatic carbocycles. The first kappa shape index (κ1) is 12.8.